The molecular weight excluding hydrogens is 954 g/mol. The quantitative estimate of drug-likeness (QED) is 0.0211. The fraction of sp³-hybridized carbons (Fsp3) is 0.662. The summed E-state index contributed by atoms with van der Waals surface area (Å²) in [5, 5.41) is 0. The fourth-order valence-electron chi connectivity index (χ4n) is 7.65. The molecular formula is C65H111NO8P+. The first-order valence-electron chi connectivity index (χ1n) is 29.8. The molecule has 0 aliphatic heterocycles. The third kappa shape index (κ3) is 59.5. The molecule has 0 aromatic heterocycles. The lowest BCUT2D eigenvalue weighted by molar-refractivity contribution is -0.870. The van der Waals surface area contributed by atoms with Crippen LogP contribution in [0.5, 0.6) is 0 Å². The number of likely N-dealkylation sites (N-methyl/N-ethyl adjacent to an activating group) is 1. The second kappa shape index (κ2) is 55.2. The highest BCUT2D eigenvalue weighted by molar-refractivity contribution is 7.47. The monoisotopic (exact) mass is 1060 g/mol. The van der Waals surface area contributed by atoms with Crippen molar-refractivity contribution in [2.24, 2.45) is 0 Å². The summed E-state index contributed by atoms with van der Waals surface area (Å²) in [5.74, 6) is -0.824. The smallest absolute Gasteiger partial charge is 0.462 e. The highest BCUT2D eigenvalue weighted by Crippen LogP contribution is 2.43. The molecule has 10 heteroatoms. The van der Waals surface area contributed by atoms with Crippen LogP contribution in [-0.4, -0.2) is 74.9 Å². The molecule has 0 heterocycles. The number of quaternary nitrogens is 1. The van der Waals surface area contributed by atoms with E-state index in [1.54, 1.807) is 0 Å². The first kappa shape index (κ1) is 71.4. The van der Waals surface area contributed by atoms with Crippen molar-refractivity contribution in [3.05, 3.63) is 122 Å². The van der Waals surface area contributed by atoms with Gasteiger partial charge in [0.05, 0.1) is 27.7 Å². The largest absolute Gasteiger partial charge is 0.472 e. The summed E-state index contributed by atoms with van der Waals surface area (Å²) in [6, 6.07) is 0. The van der Waals surface area contributed by atoms with Gasteiger partial charge in [-0.15, -0.1) is 0 Å². The molecule has 428 valence electrons. The average molecular weight is 1070 g/mol. The minimum absolute atomic E-state index is 0.0227. The summed E-state index contributed by atoms with van der Waals surface area (Å²) in [6.45, 7) is 4.27. The van der Waals surface area contributed by atoms with Crippen LogP contribution in [0.2, 0.25) is 0 Å². The highest BCUT2D eigenvalue weighted by atomic mass is 31.2. The Labute approximate surface area is 460 Å². The lowest BCUT2D eigenvalue weighted by Crippen LogP contribution is -2.37. The van der Waals surface area contributed by atoms with E-state index in [-0.39, 0.29) is 32.0 Å². The van der Waals surface area contributed by atoms with Gasteiger partial charge in [-0.3, -0.25) is 18.6 Å². The Morgan fingerprint density at radius 2 is 0.760 bits per heavy atom. The van der Waals surface area contributed by atoms with Gasteiger partial charge in [-0.05, 0) is 109 Å². The predicted octanol–water partition coefficient (Wildman–Crippen LogP) is 18.8. The fourth-order valence-corrected chi connectivity index (χ4v) is 8.39. The summed E-state index contributed by atoms with van der Waals surface area (Å²) < 4.78 is 34.5. The number of phosphoric acid groups is 1. The van der Waals surface area contributed by atoms with Crippen molar-refractivity contribution in [1.82, 2.24) is 0 Å². The molecule has 0 aromatic carbocycles. The van der Waals surface area contributed by atoms with E-state index < -0.39 is 26.5 Å². The van der Waals surface area contributed by atoms with E-state index in [0.717, 1.165) is 122 Å². The topological polar surface area (TPSA) is 108 Å². The molecule has 2 atom stereocenters. The molecule has 0 amide bonds. The van der Waals surface area contributed by atoms with Crippen LogP contribution in [0.15, 0.2) is 122 Å². The highest BCUT2D eigenvalue weighted by Gasteiger charge is 2.27. The van der Waals surface area contributed by atoms with Gasteiger partial charge in [0, 0.05) is 12.8 Å². The van der Waals surface area contributed by atoms with Gasteiger partial charge in [0.2, 0.25) is 0 Å². The minimum atomic E-state index is -4.40. The molecule has 75 heavy (non-hydrogen) atoms. The number of hydrogen-bond donors (Lipinski definition) is 1. The molecule has 0 aliphatic carbocycles. The maximum absolute atomic E-state index is 12.8. The molecule has 0 fully saturated rings. The first-order valence-corrected chi connectivity index (χ1v) is 31.3. The van der Waals surface area contributed by atoms with Gasteiger partial charge in [0.1, 0.15) is 19.8 Å². The zero-order valence-corrected chi connectivity index (χ0v) is 49.4. The summed E-state index contributed by atoms with van der Waals surface area (Å²) in [7, 11) is 1.45. The molecule has 0 saturated carbocycles. The number of hydrogen-bond acceptors (Lipinski definition) is 7. The van der Waals surface area contributed by atoms with E-state index in [4.69, 9.17) is 18.5 Å². The van der Waals surface area contributed by atoms with Crippen molar-refractivity contribution in [3.8, 4) is 0 Å². The minimum Gasteiger partial charge on any atom is -0.462 e. The maximum Gasteiger partial charge on any atom is 0.472 e. The Kier molecular flexibility index (Phi) is 52.5. The molecule has 9 nitrogen and oxygen atoms in total. The van der Waals surface area contributed by atoms with Crippen LogP contribution in [0.1, 0.15) is 226 Å². The number of allylic oxidation sites excluding steroid dienone is 20. The second-order valence-corrected chi connectivity index (χ2v) is 22.1. The average Bonchev–Trinajstić information content (AvgIpc) is 3.37. The van der Waals surface area contributed by atoms with Crippen LogP contribution in [0.3, 0.4) is 0 Å². The summed E-state index contributed by atoms with van der Waals surface area (Å²) in [6.07, 6.45) is 78.4. The number of esters is 2. The van der Waals surface area contributed by atoms with Gasteiger partial charge in [-0.2, -0.15) is 0 Å². The predicted molar refractivity (Wildman–Crippen MR) is 321 cm³/mol. The molecule has 0 rings (SSSR count). The first-order chi connectivity index (χ1) is 36.5. The molecule has 0 saturated heterocycles. The summed E-state index contributed by atoms with van der Waals surface area (Å²) in [4.78, 5) is 35.7. The zero-order valence-electron chi connectivity index (χ0n) is 48.5. The Bertz CT molecular complexity index is 1680. The molecule has 0 radical (unpaired) electrons. The van der Waals surface area contributed by atoms with Crippen molar-refractivity contribution in [3.63, 3.8) is 0 Å². The van der Waals surface area contributed by atoms with E-state index in [2.05, 4.69) is 135 Å². The SMILES string of the molecule is CC/C=C\C/C=C\C/C=C\C/C=C\C/C=C\C/C=C\C/C=C\C/C=C\CCCCCCCCCCCCC(=O)OC(COC(=O)CCCCCCC/C=C\C/C=C\CCCCCC)COP(=O)(O)OCC[N+](C)(C)C. The number of ether oxygens (including phenoxy) is 2. The number of unbranched alkanes of at least 4 members (excludes halogenated alkanes) is 19. The van der Waals surface area contributed by atoms with Crippen LogP contribution in [0.4, 0.5) is 0 Å². The normalized spacial score (nSPS) is 14.2. The number of phosphoric ester groups is 1. The van der Waals surface area contributed by atoms with Gasteiger partial charge >= 0.3 is 19.8 Å². The molecule has 0 aliphatic rings. The number of carbonyl (C=O) groups excluding carboxylic acids is 2. The number of carbonyl (C=O) groups is 2. The van der Waals surface area contributed by atoms with Crippen LogP contribution in [-0.2, 0) is 32.7 Å². The Morgan fingerprint density at radius 1 is 0.427 bits per heavy atom. The van der Waals surface area contributed by atoms with Crippen molar-refractivity contribution < 1.29 is 42.1 Å². The van der Waals surface area contributed by atoms with Crippen molar-refractivity contribution in [1.29, 1.82) is 0 Å². The van der Waals surface area contributed by atoms with E-state index in [1.165, 1.54) is 70.6 Å². The summed E-state index contributed by atoms with van der Waals surface area (Å²) in [5.41, 5.74) is 0. The standard InChI is InChI=1S/C65H110NO8P/c1-6-8-10-12-14-16-18-20-22-24-25-26-27-28-29-30-31-32-33-34-35-36-37-38-39-40-41-42-44-46-48-50-52-54-56-58-65(68)74-63(62-73-75(69,70)72-60-59-66(3,4)5)61-71-64(67)57-55-53-51-49-47-45-43-23-21-19-17-15-13-11-9-7-2/h8,10,14,16-17,19-20,22-23,25-26,28-29,31-32,34-35,37-38,43,63H,6-7,9,11-13,15,18,21,24,27,30,33,36,39-42,44-62H2,1-5H3/p+1/b10-8-,16-14-,19-17-,22-20-,26-25-,29-28-,32-31-,35-34-,38-37-,43-23-. The molecule has 2 unspecified atom stereocenters. The molecule has 0 spiro atoms. The molecule has 0 aromatic rings. The van der Waals surface area contributed by atoms with Gasteiger partial charge in [0.25, 0.3) is 0 Å². The van der Waals surface area contributed by atoms with E-state index >= 15 is 0 Å². The Hall–Kier alpha value is -3.59. The van der Waals surface area contributed by atoms with Crippen molar-refractivity contribution >= 4 is 19.8 Å². The molecule has 0 bridgehead atoms. The third-order valence-electron chi connectivity index (χ3n) is 12.2. The van der Waals surface area contributed by atoms with Crippen LogP contribution < -0.4 is 0 Å². The number of rotatable bonds is 53. The van der Waals surface area contributed by atoms with Crippen molar-refractivity contribution in [2.75, 3.05) is 47.5 Å². The third-order valence-corrected chi connectivity index (χ3v) is 13.2. The van der Waals surface area contributed by atoms with Crippen molar-refractivity contribution in [2.45, 2.75) is 232 Å². The van der Waals surface area contributed by atoms with E-state index in [1.807, 2.05) is 21.1 Å². The Morgan fingerprint density at radius 3 is 1.13 bits per heavy atom. The second-order valence-electron chi connectivity index (χ2n) is 20.6. The van der Waals surface area contributed by atoms with Gasteiger partial charge < -0.3 is 18.9 Å². The van der Waals surface area contributed by atoms with E-state index in [9.17, 15) is 19.0 Å². The van der Waals surface area contributed by atoms with Crippen LogP contribution in [0, 0.1) is 0 Å². The molecule has 1 N–H and O–H groups in total. The number of nitrogens with zero attached hydrogens (tertiary/aromatic N) is 1. The van der Waals surface area contributed by atoms with Crippen LogP contribution >= 0.6 is 7.82 Å². The lowest BCUT2D eigenvalue weighted by Gasteiger charge is -2.24. The summed E-state index contributed by atoms with van der Waals surface area (Å²) >= 11 is 0. The van der Waals surface area contributed by atoms with Gasteiger partial charge in [-0.1, -0.05) is 225 Å². The lowest BCUT2D eigenvalue weighted by atomic mass is 10.0. The van der Waals surface area contributed by atoms with E-state index in [0.29, 0.717) is 17.4 Å². The van der Waals surface area contributed by atoms with Gasteiger partial charge in [-0.25, -0.2) is 4.57 Å². The Balaban J connectivity index is 4.15. The van der Waals surface area contributed by atoms with Gasteiger partial charge in [0.15, 0.2) is 6.10 Å². The van der Waals surface area contributed by atoms with Crippen LogP contribution in [0.25, 0.3) is 0 Å². The zero-order chi connectivity index (χ0) is 54.9. The maximum atomic E-state index is 12.8.